The average Bonchev–Trinajstić information content (AvgIpc) is 3.25. The number of nitrogens with zero attached hydrogens (tertiary/aromatic N) is 4. The zero-order valence-corrected chi connectivity index (χ0v) is 13.8. The van der Waals surface area contributed by atoms with E-state index in [0.29, 0.717) is 0 Å². The summed E-state index contributed by atoms with van der Waals surface area (Å²) in [5.41, 5.74) is 1.56. The maximum absolute atomic E-state index is 10.3. The van der Waals surface area contributed by atoms with Crippen molar-refractivity contribution in [2.24, 2.45) is 0 Å². The number of rotatable bonds is 4. The SMILES string of the molecule is OC[C@H]1O[C@@H](c2nn(-c3ccccc3)[n+](-c3ccccc3)n2)[C@@H](O)[C@H]1O. The van der Waals surface area contributed by atoms with Gasteiger partial charge in [0.2, 0.25) is 0 Å². The van der Waals surface area contributed by atoms with Gasteiger partial charge in [0.1, 0.15) is 24.0 Å². The van der Waals surface area contributed by atoms with Crippen molar-refractivity contribution in [3.8, 4) is 11.4 Å². The minimum absolute atomic E-state index is 0.222. The Morgan fingerprint density at radius 3 is 2.23 bits per heavy atom. The van der Waals surface area contributed by atoms with Gasteiger partial charge >= 0.3 is 5.82 Å². The van der Waals surface area contributed by atoms with Gasteiger partial charge in [-0.15, -0.1) is 0 Å². The molecule has 0 bridgehead atoms. The first-order chi connectivity index (χ1) is 12.7. The number of aliphatic hydroxyl groups is 3. The summed E-state index contributed by atoms with van der Waals surface area (Å²) in [5, 5.41) is 38.5. The monoisotopic (exact) mass is 355 g/mol. The van der Waals surface area contributed by atoms with Gasteiger partial charge in [-0.05, 0) is 34.2 Å². The van der Waals surface area contributed by atoms with E-state index in [9.17, 15) is 15.3 Å². The lowest BCUT2D eigenvalue weighted by Crippen LogP contribution is -2.43. The fourth-order valence-electron chi connectivity index (χ4n) is 2.98. The van der Waals surface area contributed by atoms with Crippen LogP contribution in [0.15, 0.2) is 60.7 Å². The van der Waals surface area contributed by atoms with Crippen molar-refractivity contribution in [3.05, 3.63) is 66.5 Å². The van der Waals surface area contributed by atoms with Crippen LogP contribution in [-0.4, -0.2) is 55.2 Å². The smallest absolute Gasteiger partial charge is 0.340 e. The summed E-state index contributed by atoms with van der Waals surface area (Å²) in [4.78, 5) is 3.19. The molecule has 2 heterocycles. The molecule has 8 nitrogen and oxygen atoms in total. The number of ether oxygens (including phenoxy) is 1. The van der Waals surface area contributed by atoms with Crippen molar-refractivity contribution in [1.82, 2.24) is 15.0 Å². The maximum atomic E-state index is 10.3. The van der Waals surface area contributed by atoms with Gasteiger partial charge in [0, 0.05) is 4.80 Å². The first-order valence-electron chi connectivity index (χ1n) is 8.32. The van der Waals surface area contributed by atoms with Crippen LogP contribution in [0, 0.1) is 0 Å². The highest BCUT2D eigenvalue weighted by Gasteiger charge is 2.48. The van der Waals surface area contributed by atoms with Gasteiger partial charge in [0.05, 0.1) is 11.7 Å². The molecular formula is C18H19N4O4+. The summed E-state index contributed by atoms with van der Waals surface area (Å²) in [5.74, 6) is 0.222. The molecule has 3 aromatic rings. The van der Waals surface area contributed by atoms with Crippen LogP contribution in [0.5, 0.6) is 0 Å². The average molecular weight is 355 g/mol. The van der Waals surface area contributed by atoms with Gasteiger partial charge in [0.25, 0.3) is 0 Å². The molecule has 1 aliphatic heterocycles. The Balaban J connectivity index is 1.80. The van der Waals surface area contributed by atoms with Crippen LogP contribution in [0.25, 0.3) is 11.4 Å². The standard InChI is InChI=1S/C18H19N4O4/c23-11-14-15(24)16(25)17(26-14)18-19-21(12-7-3-1-4-8-12)22(20-18)13-9-5-2-6-10-13/h1-10,14-17,23-25H,11H2/q+1/t14-,15+,16+,17-/m1/s1. The van der Waals surface area contributed by atoms with Gasteiger partial charge in [-0.1, -0.05) is 36.4 Å². The fraction of sp³-hybridized carbons (Fsp3) is 0.278. The van der Waals surface area contributed by atoms with Crippen LogP contribution in [0.4, 0.5) is 0 Å². The number of aromatic nitrogens is 4. The molecule has 4 rings (SSSR count). The zero-order valence-electron chi connectivity index (χ0n) is 13.8. The largest absolute Gasteiger partial charge is 0.394 e. The molecule has 3 N–H and O–H groups in total. The van der Waals surface area contributed by atoms with Gasteiger partial charge in [-0.25, -0.2) is 0 Å². The van der Waals surface area contributed by atoms with E-state index in [1.54, 1.807) is 9.59 Å². The van der Waals surface area contributed by atoms with Crippen LogP contribution in [0.2, 0.25) is 0 Å². The topological polar surface area (TPSA) is 105 Å². The van der Waals surface area contributed by atoms with Crippen LogP contribution in [-0.2, 0) is 4.74 Å². The number of benzene rings is 2. The van der Waals surface area contributed by atoms with Crippen molar-refractivity contribution in [2.75, 3.05) is 6.61 Å². The third-order valence-electron chi connectivity index (χ3n) is 4.34. The second-order valence-electron chi connectivity index (χ2n) is 6.07. The fourth-order valence-corrected chi connectivity index (χ4v) is 2.98. The molecule has 1 aromatic heterocycles. The molecule has 2 aromatic carbocycles. The van der Waals surface area contributed by atoms with Crippen molar-refractivity contribution >= 4 is 0 Å². The summed E-state index contributed by atoms with van der Waals surface area (Å²) in [7, 11) is 0. The van der Waals surface area contributed by atoms with Crippen molar-refractivity contribution < 1.29 is 24.9 Å². The Morgan fingerprint density at radius 1 is 0.962 bits per heavy atom. The van der Waals surface area contributed by atoms with E-state index in [4.69, 9.17) is 4.74 Å². The molecule has 134 valence electrons. The molecule has 26 heavy (non-hydrogen) atoms. The lowest BCUT2D eigenvalue weighted by molar-refractivity contribution is -0.735. The molecule has 1 saturated heterocycles. The van der Waals surface area contributed by atoms with Gasteiger partial charge in [0.15, 0.2) is 11.8 Å². The lowest BCUT2D eigenvalue weighted by Gasteiger charge is -2.10. The Morgan fingerprint density at radius 2 is 1.62 bits per heavy atom. The molecule has 0 spiro atoms. The second kappa shape index (κ2) is 6.93. The molecule has 0 radical (unpaired) electrons. The minimum Gasteiger partial charge on any atom is -0.394 e. The summed E-state index contributed by atoms with van der Waals surface area (Å²) < 4.78 is 5.56. The summed E-state index contributed by atoms with van der Waals surface area (Å²) in [6, 6.07) is 18.9. The Labute approximate surface area is 149 Å². The van der Waals surface area contributed by atoms with E-state index < -0.39 is 31.0 Å². The zero-order chi connectivity index (χ0) is 18.1. The third kappa shape index (κ3) is 2.89. The number of para-hydroxylation sites is 2. The van der Waals surface area contributed by atoms with Gasteiger partial charge < -0.3 is 20.1 Å². The Hall–Kier alpha value is -2.65. The number of aliphatic hydroxyl groups excluding tert-OH is 3. The predicted octanol–water partition coefficient (Wildman–Crippen LogP) is -0.302. The first kappa shape index (κ1) is 16.8. The van der Waals surface area contributed by atoms with E-state index in [1.807, 2.05) is 60.7 Å². The predicted molar refractivity (Wildman–Crippen MR) is 89.6 cm³/mol. The number of hydrogen-bond acceptors (Lipinski definition) is 6. The Bertz CT molecular complexity index is 814. The second-order valence-corrected chi connectivity index (χ2v) is 6.07. The van der Waals surface area contributed by atoms with Crippen LogP contribution >= 0.6 is 0 Å². The molecule has 0 unspecified atom stereocenters. The Kier molecular flexibility index (Phi) is 4.48. The van der Waals surface area contributed by atoms with E-state index in [-0.39, 0.29) is 5.82 Å². The number of hydrogen-bond donors (Lipinski definition) is 3. The van der Waals surface area contributed by atoms with Crippen molar-refractivity contribution in [3.63, 3.8) is 0 Å². The van der Waals surface area contributed by atoms with Crippen LogP contribution in [0.3, 0.4) is 0 Å². The molecule has 4 atom stereocenters. The quantitative estimate of drug-likeness (QED) is 0.555. The third-order valence-corrected chi connectivity index (χ3v) is 4.34. The summed E-state index contributed by atoms with van der Waals surface area (Å²) in [6.45, 7) is -0.396. The molecule has 0 amide bonds. The van der Waals surface area contributed by atoms with E-state index in [0.717, 1.165) is 11.4 Å². The molecule has 1 fully saturated rings. The summed E-state index contributed by atoms with van der Waals surface area (Å²) >= 11 is 0. The molecular weight excluding hydrogens is 336 g/mol. The van der Waals surface area contributed by atoms with Gasteiger partial charge in [-0.3, -0.25) is 0 Å². The highest BCUT2D eigenvalue weighted by atomic mass is 16.6. The summed E-state index contributed by atoms with van der Waals surface area (Å²) in [6.07, 6.45) is -4.22. The van der Waals surface area contributed by atoms with Crippen LogP contribution in [0.1, 0.15) is 11.9 Å². The highest BCUT2D eigenvalue weighted by molar-refractivity contribution is 5.28. The minimum atomic E-state index is -1.22. The normalized spacial score (nSPS) is 25.5. The number of tetrazole rings is 1. The van der Waals surface area contributed by atoms with E-state index in [1.165, 1.54) is 0 Å². The molecule has 1 aliphatic rings. The van der Waals surface area contributed by atoms with Crippen LogP contribution < -0.4 is 4.80 Å². The van der Waals surface area contributed by atoms with E-state index in [2.05, 4.69) is 10.2 Å². The first-order valence-corrected chi connectivity index (χ1v) is 8.32. The molecule has 0 saturated carbocycles. The molecule has 8 heteroatoms. The lowest BCUT2D eigenvalue weighted by atomic mass is 10.1. The highest BCUT2D eigenvalue weighted by Crippen LogP contribution is 2.31. The van der Waals surface area contributed by atoms with E-state index >= 15 is 0 Å². The van der Waals surface area contributed by atoms with Gasteiger partial charge in [-0.2, -0.15) is 0 Å². The maximum Gasteiger partial charge on any atom is 0.340 e. The molecule has 0 aliphatic carbocycles. The van der Waals surface area contributed by atoms with Crippen molar-refractivity contribution in [1.29, 1.82) is 0 Å². The van der Waals surface area contributed by atoms with Crippen molar-refractivity contribution in [2.45, 2.75) is 24.4 Å².